The van der Waals surface area contributed by atoms with Crippen molar-refractivity contribution in [1.29, 1.82) is 0 Å². The van der Waals surface area contributed by atoms with Gasteiger partial charge in [0.05, 0.1) is 5.25 Å². The molecular weight excluding hydrogens is 332 g/mol. The number of piperidine rings is 1. The highest BCUT2D eigenvalue weighted by molar-refractivity contribution is 8.00. The summed E-state index contributed by atoms with van der Waals surface area (Å²) in [4.78, 5) is 19.5. The van der Waals surface area contributed by atoms with E-state index in [0.29, 0.717) is 11.2 Å². The molecule has 1 aliphatic heterocycles. The highest BCUT2D eigenvalue weighted by atomic mass is 32.2. The molecule has 2 fully saturated rings. The van der Waals surface area contributed by atoms with Crippen LogP contribution in [-0.2, 0) is 11.2 Å². The second-order valence-corrected chi connectivity index (χ2v) is 8.91. The number of amides is 1. The smallest absolute Gasteiger partial charge is 0.236 e. The quantitative estimate of drug-likeness (QED) is 0.737. The lowest BCUT2D eigenvalue weighted by molar-refractivity contribution is -0.134. The van der Waals surface area contributed by atoms with E-state index in [1.807, 2.05) is 6.92 Å². The highest BCUT2D eigenvalue weighted by Crippen LogP contribution is 2.29. The predicted octanol–water partition coefficient (Wildman–Crippen LogP) is 4.20. The predicted molar refractivity (Wildman–Crippen MR) is 102 cm³/mol. The number of H-pyrrole nitrogens is 1. The van der Waals surface area contributed by atoms with Crippen molar-refractivity contribution >= 4 is 17.7 Å². The first-order valence-electron chi connectivity index (χ1n) is 10.1. The lowest BCUT2D eigenvalue weighted by Crippen LogP contribution is -2.46. The average Bonchev–Trinajstić information content (AvgIpc) is 3.31. The number of hydrogen-bond donors (Lipinski definition) is 1. The van der Waals surface area contributed by atoms with E-state index in [4.69, 9.17) is 0 Å². The molecule has 2 aliphatic rings. The van der Waals surface area contributed by atoms with Crippen LogP contribution in [0.1, 0.15) is 77.5 Å². The normalized spacial score (nSPS) is 23.1. The van der Waals surface area contributed by atoms with Gasteiger partial charge < -0.3 is 4.90 Å². The number of thioether (sulfide) groups is 1. The largest absolute Gasteiger partial charge is 0.339 e. The lowest BCUT2D eigenvalue weighted by Gasteiger charge is -2.36. The maximum absolute atomic E-state index is 12.8. The van der Waals surface area contributed by atoms with Gasteiger partial charge in [0.1, 0.15) is 5.82 Å². The zero-order chi connectivity index (χ0) is 17.6. The molecule has 2 heterocycles. The number of rotatable bonds is 7. The van der Waals surface area contributed by atoms with Crippen LogP contribution in [0.15, 0.2) is 5.16 Å². The van der Waals surface area contributed by atoms with E-state index in [2.05, 4.69) is 27.0 Å². The summed E-state index contributed by atoms with van der Waals surface area (Å²) in [7, 11) is 0. The van der Waals surface area contributed by atoms with Gasteiger partial charge in [0.15, 0.2) is 0 Å². The Kier molecular flexibility index (Phi) is 6.79. The second-order valence-electron chi connectivity index (χ2n) is 7.60. The van der Waals surface area contributed by atoms with Gasteiger partial charge in [-0.25, -0.2) is 4.98 Å². The van der Waals surface area contributed by atoms with E-state index in [1.54, 1.807) is 0 Å². The van der Waals surface area contributed by atoms with Crippen LogP contribution in [0.3, 0.4) is 0 Å². The van der Waals surface area contributed by atoms with Crippen LogP contribution < -0.4 is 0 Å². The third kappa shape index (κ3) is 4.99. The molecule has 1 N–H and O–H groups in total. The summed E-state index contributed by atoms with van der Waals surface area (Å²) >= 11 is 1.49. The Morgan fingerprint density at radius 1 is 1.28 bits per heavy atom. The summed E-state index contributed by atoms with van der Waals surface area (Å²) in [5.74, 6) is 2.08. The molecule has 3 rings (SSSR count). The molecule has 25 heavy (non-hydrogen) atoms. The molecule has 0 bridgehead atoms. The van der Waals surface area contributed by atoms with Crippen molar-refractivity contribution in [3.63, 3.8) is 0 Å². The van der Waals surface area contributed by atoms with Gasteiger partial charge in [0.2, 0.25) is 11.1 Å². The molecule has 1 amide bonds. The fourth-order valence-corrected chi connectivity index (χ4v) is 5.05. The second kappa shape index (κ2) is 9.06. The van der Waals surface area contributed by atoms with Crippen LogP contribution in [0, 0.1) is 5.92 Å². The average molecular weight is 365 g/mol. The summed E-state index contributed by atoms with van der Waals surface area (Å²) in [6, 6.07) is 0.415. The Bertz CT molecular complexity index is 555. The maximum atomic E-state index is 12.8. The van der Waals surface area contributed by atoms with E-state index in [0.717, 1.165) is 44.0 Å². The summed E-state index contributed by atoms with van der Waals surface area (Å²) in [5, 5.41) is 7.99. The first-order chi connectivity index (χ1) is 12.2. The molecule has 1 aromatic rings. The summed E-state index contributed by atoms with van der Waals surface area (Å²) in [6.07, 6.45) is 12.3. The van der Waals surface area contributed by atoms with Crippen LogP contribution in [0.25, 0.3) is 0 Å². The monoisotopic (exact) mass is 364 g/mol. The molecule has 0 aromatic carbocycles. The minimum absolute atomic E-state index is 0.120. The van der Waals surface area contributed by atoms with E-state index in [-0.39, 0.29) is 11.2 Å². The van der Waals surface area contributed by atoms with Gasteiger partial charge in [-0.05, 0) is 44.9 Å². The summed E-state index contributed by atoms with van der Waals surface area (Å²) in [5.41, 5.74) is 0. The van der Waals surface area contributed by atoms with Crippen molar-refractivity contribution < 1.29 is 4.79 Å². The molecule has 140 valence electrons. The lowest BCUT2D eigenvalue weighted by atomic mass is 10.00. The number of aryl methyl sites for hydroxylation is 1. The van der Waals surface area contributed by atoms with Gasteiger partial charge in [-0.1, -0.05) is 44.4 Å². The van der Waals surface area contributed by atoms with Crippen molar-refractivity contribution in [2.24, 2.45) is 5.92 Å². The minimum atomic E-state index is -0.120. The Balaban J connectivity index is 1.50. The van der Waals surface area contributed by atoms with E-state index < -0.39 is 0 Å². The zero-order valence-corrected chi connectivity index (χ0v) is 16.5. The van der Waals surface area contributed by atoms with Crippen molar-refractivity contribution in [1.82, 2.24) is 20.1 Å². The molecule has 1 saturated carbocycles. The molecule has 0 spiro atoms. The first kappa shape index (κ1) is 18.7. The molecule has 1 aliphatic carbocycles. The van der Waals surface area contributed by atoms with Gasteiger partial charge in [0.25, 0.3) is 0 Å². The molecule has 1 aromatic heterocycles. The fourth-order valence-electron chi connectivity index (χ4n) is 4.24. The number of hydrogen-bond acceptors (Lipinski definition) is 4. The standard InChI is InChI=1S/C19H32N4OS/c1-3-16-10-6-7-13-23(16)18(24)14(2)25-19-20-17(21-22-19)12-11-15-8-4-5-9-15/h14-16H,3-13H2,1-2H3,(H,20,21,22). The van der Waals surface area contributed by atoms with Gasteiger partial charge in [-0.3, -0.25) is 9.89 Å². The number of nitrogens with one attached hydrogen (secondary N) is 1. The Morgan fingerprint density at radius 2 is 2.04 bits per heavy atom. The van der Waals surface area contributed by atoms with Crippen LogP contribution in [0.2, 0.25) is 0 Å². The van der Waals surface area contributed by atoms with Gasteiger partial charge >= 0.3 is 0 Å². The van der Waals surface area contributed by atoms with Crippen molar-refractivity contribution in [3.05, 3.63) is 5.82 Å². The highest BCUT2D eigenvalue weighted by Gasteiger charge is 2.29. The topological polar surface area (TPSA) is 61.9 Å². The molecule has 1 saturated heterocycles. The van der Waals surface area contributed by atoms with Crippen LogP contribution in [-0.4, -0.2) is 43.8 Å². The van der Waals surface area contributed by atoms with Crippen molar-refractivity contribution in [3.8, 4) is 0 Å². The Labute approximate surface area is 155 Å². The van der Waals surface area contributed by atoms with Gasteiger partial charge in [-0.15, -0.1) is 5.10 Å². The molecule has 5 nitrogen and oxygen atoms in total. The summed E-state index contributed by atoms with van der Waals surface area (Å²) < 4.78 is 0. The Morgan fingerprint density at radius 3 is 2.80 bits per heavy atom. The number of carbonyl (C=O) groups is 1. The number of aromatic nitrogens is 3. The molecule has 2 atom stereocenters. The third-order valence-electron chi connectivity index (χ3n) is 5.79. The molecule has 6 heteroatoms. The van der Waals surface area contributed by atoms with E-state index in [1.165, 1.54) is 50.3 Å². The van der Waals surface area contributed by atoms with E-state index >= 15 is 0 Å². The first-order valence-corrected chi connectivity index (χ1v) is 10.9. The maximum Gasteiger partial charge on any atom is 0.236 e. The zero-order valence-electron chi connectivity index (χ0n) is 15.7. The molecule has 2 unspecified atom stereocenters. The van der Waals surface area contributed by atoms with Crippen LogP contribution >= 0.6 is 11.8 Å². The number of nitrogens with zero attached hydrogens (tertiary/aromatic N) is 3. The van der Waals surface area contributed by atoms with Crippen molar-refractivity contribution in [2.75, 3.05) is 6.54 Å². The Hall–Kier alpha value is -1.04. The third-order valence-corrected chi connectivity index (χ3v) is 6.74. The van der Waals surface area contributed by atoms with Crippen LogP contribution in [0.4, 0.5) is 0 Å². The van der Waals surface area contributed by atoms with Crippen LogP contribution in [0.5, 0.6) is 0 Å². The number of carbonyl (C=O) groups excluding carboxylic acids is 1. The van der Waals surface area contributed by atoms with Crippen molar-refractivity contribution in [2.45, 2.75) is 94.5 Å². The van der Waals surface area contributed by atoms with Gasteiger partial charge in [0, 0.05) is 19.0 Å². The number of aromatic amines is 1. The van der Waals surface area contributed by atoms with Gasteiger partial charge in [-0.2, -0.15) is 0 Å². The molecule has 0 radical (unpaired) electrons. The van der Waals surface area contributed by atoms with E-state index in [9.17, 15) is 4.79 Å². The SMILES string of the molecule is CCC1CCCCN1C(=O)C(C)Sc1n[nH]c(CCC2CCCC2)n1. The minimum Gasteiger partial charge on any atom is -0.339 e. The molecular formula is C19H32N4OS. The fraction of sp³-hybridized carbons (Fsp3) is 0.842. The number of likely N-dealkylation sites (tertiary alicyclic amines) is 1. The summed E-state index contributed by atoms with van der Waals surface area (Å²) in [6.45, 7) is 5.08.